The number of piperazine rings is 1. The predicted octanol–water partition coefficient (Wildman–Crippen LogP) is 1.44. The molecule has 1 aliphatic rings. The smallest absolute Gasteiger partial charge is 0.233 e. The van der Waals surface area contributed by atoms with Crippen LogP contribution in [-0.4, -0.2) is 69.5 Å². The van der Waals surface area contributed by atoms with Gasteiger partial charge in [0.05, 0.1) is 5.75 Å². The number of benzene rings is 1. The van der Waals surface area contributed by atoms with Gasteiger partial charge < -0.3 is 9.80 Å². The first-order chi connectivity index (χ1) is 11.1. The number of likely N-dealkylation sites (N-methyl/N-ethyl adjacent to an activating group) is 1. The number of rotatable bonds is 4. The van der Waals surface area contributed by atoms with Gasteiger partial charge in [-0.15, -0.1) is 10.2 Å². The van der Waals surface area contributed by atoms with E-state index < -0.39 is 0 Å². The van der Waals surface area contributed by atoms with E-state index in [0.717, 1.165) is 37.0 Å². The summed E-state index contributed by atoms with van der Waals surface area (Å²) >= 11 is 1.44. The fourth-order valence-corrected chi connectivity index (χ4v) is 3.31. The van der Waals surface area contributed by atoms with Crippen molar-refractivity contribution in [1.82, 2.24) is 24.6 Å². The van der Waals surface area contributed by atoms with Crippen LogP contribution in [0.25, 0.3) is 5.69 Å². The van der Waals surface area contributed by atoms with Crippen molar-refractivity contribution in [3.63, 3.8) is 0 Å². The Hall–Kier alpha value is -1.86. The lowest BCUT2D eigenvalue weighted by molar-refractivity contribution is -0.129. The zero-order valence-corrected chi connectivity index (χ0v) is 14.3. The molecule has 2 aromatic rings. The molecule has 0 unspecified atom stereocenters. The Morgan fingerprint density at radius 2 is 1.87 bits per heavy atom. The third-order valence-corrected chi connectivity index (χ3v) is 4.94. The molecule has 0 atom stereocenters. The predicted molar refractivity (Wildman–Crippen MR) is 90.9 cm³/mol. The van der Waals surface area contributed by atoms with Gasteiger partial charge in [-0.3, -0.25) is 9.36 Å². The van der Waals surface area contributed by atoms with Crippen molar-refractivity contribution < 1.29 is 4.79 Å². The lowest BCUT2D eigenvalue weighted by atomic mass is 10.2. The number of nitrogens with zero attached hydrogens (tertiary/aromatic N) is 5. The molecule has 0 radical (unpaired) electrons. The van der Waals surface area contributed by atoms with Crippen LogP contribution in [0.5, 0.6) is 0 Å². The molecule has 1 aromatic heterocycles. The van der Waals surface area contributed by atoms with Gasteiger partial charge in [0.2, 0.25) is 5.91 Å². The first kappa shape index (κ1) is 16.0. The number of hydrogen-bond donors (Lipinski definition) is 0. The van der Waals surface area contributed by atoms with Crippen molar-refractivity contribution in [2.45, 2.75) is 12.1 Å². The first-order valence-corrected chi connectivity index (χ1v) is 8.68. The lowest BCUT2D eigenvalue weighted by Gasteiger charge is -2.32. The average molecular weight is 331 g/mol. The van der Waals surface area contributed by atoms with Gasteiger partial charge in [-0.25, -0.2) is 0 Å². The quantitative estimate of drug-likeness (QED) is 0.794. The summed E-state index contributed by atoms with van der Waals surface area (Å²) in [7, 11) is 2.08. The molecule has 23 heavy (non-hydrogen) atoms. The van der Waals surface area contributed by atoms with Crippen LogP contribution >= 0.6 is 11.8 Å². The highest BCUT2D eigenvalue weighted by Crippen LogP contribution is 2.20. The van der Waals surface area contributed by atoms with Crippen LogP contribution in [0.4, 0.5) is 0 Å². The minimum Gasteiger partial charge on any atom is -0.339 e. The molecule has 7 heteroatoms. The van der Waals surface area contributed by atoms with Crippen molar-refractivity contribution >= 4 is 17.7 Å². The second kappa shape index (κ2) is 7.14. The molecular weight excluding hydrogens is 310 g/mol. The van der Waals surface area contributed by atoms with Crippen LogP contribution in [0.15, 0.2) is 35.7 Å². The van der Waals surface area contributed by atoms with Crippen molar-refractivity contribution in [3.8, 4) is 5.69 Å². The maximum Gasteiger partial charge on any atom is 0.233 e. The Balaban J connectivity index is 1.62. The Bertz CT molecular complexity index is 661. The van der Waals surface area contributed by atoms with E-state index in [0.29, 0.717) is 5.75 Å². The first-order valence-electron chi connectivity index (χ1n) is 7.69. The van der Waals surface area contributed by atoms with Crippen molar-refractivity contribution in [2.75, 3.05) is 39.0 Å². The summed E-state index contributed by atoms with van der Waals surface area (Å²) in [4.78, 5) is 16.5. The molecule has 1 aromatic carbocycles. The van der Waals surface area contributed by atoms with Crippen molar-refractivity contribution in [2.24, 2.45) is 0 Å². The van der Waals surface area contributed by atoms with Crippen LogP contribution in [0.1, 0.15) is 5.56 Å². The Labute approximate surface area is 140 Å². The van der Waals surface area contributed by atoms with Gasteiger partial charge in [0, 0.05) is 31.9 Å². The van der Waals surface area contributed by atoms with E-state index in [-0.39, 0.29) is 5.91 Å². The van der Waals surface area contributed by atoms with Crippen LogP contribution in [0.3, 0.4) is 0 Å². The molecule has 0 aliphatic carbocycles. The molecular formula is C16H21N5OS. The van der Waals surface area contributed by atoms with Crippen LogP contribution in [-0.2, 0) is 4.79 Å². The van der Waals surface area contributed by atoms with E-state index in [9.17, 15) is 4.79 Å². The molecule has 2 heterocycles. The van der Waals surface area contributed by atoms with Gasteiger partial charge >= 0.3 is 0 Å². The zero-order chi connectivity index (χ0) is 16.2. The summed E-state index contributed by atoms with van der Waals surface area (Å²) in [6.45, 7) is 5.55. The van der Waals surface area contributed by atoms with E-state index in [1.807, 2.05) is 21.6 Å². The standard InChI is InChI=1S/C16H21N5OS/c1-13-3-5-14(6-4-13)21-12-17-18-16(21)23-11-15(22)20-9-7-19(2)8-10-20/h3-6,12H,7-11H2,1-2H3. The third kappa shape index (κ3) is 3.92. The van der Waals surface area contributed by atoms with E-state index in [2.05, 4.69) is 41.2 Å². The summed E-state index contributed by atoms with van der Waals surface area (Å²) in [5, 5.41) is 8.87. The minimum absolute atomic E-state index is 0.168. The Morgan fingerprint density at radius 1 is 1.17 bits per heavy atom. The lowest BCUT2D eigenvalue weighted by Crippen LogP contribution is -2.47. The average Bonchev–Trinajstić information content (AvgIpc) is 3.02. The normalized spacial score (nSPS) is 15.8. The van der Waals surface area contributed by atoms with Crippen LogP contribution < -0.4 is 0 Å². The monoisotopic (exact) mass is 331 g/mol. The molecule has 1 fully saturated rings. The molecule has 0 N–H and O–H groups in total. The van der Waals surface area contributed by atoms with Crippen molar-refractivity contribution in [1.29, 1.82) is 0 Å². The Kier molecular flexibility index (Phi) is 4.97. The summed E-state index contributed by atoms with van der Waals surface area (Å²) in [6.07, 6.45) is 1.69. The number of carbonyl (C=O) groups is 1. The highest BCUT2D eigenvalue weighted by Gasteiger charge is 2.20. The molecule has 1 amide bonds. The van der Waals surface area contributed by atoms with E-state index in [1.165, 1.54) is 17.3 Å². The van der Waals surface area contributed by atoms with Crippen molar-refractivity contribution in [3.05, 3.63) is 36.2 Å². The van der Waals surface area contributed by atoms with Crippen LogP contribution in [0.2, 0.25) is 0 Å². The Morgan fingerprint density at radius 3 is 2.57 bits per heavy atom. The van der Waals surface area contributed by atoms with Gasteiger partial charge in [0.1, 0.15) is 6.33 Å². The topological polar surface area (TPSA) is 54.3 Å². The number of carbonyl (C=O) groups excluding carboxylic acids is 1. The fraction of sp³-hybridized carbons (Fsp3) is 0.438. The summed E-state index contributed by atoms with van der Waals surface area (Å²) < 4.78 is 1.92. The summed E-state index contributed by atoms with van der Waals surface area (Å²) in [5.74, 6) is 0.565. The van der Waals surface area contributed by atoms with E-state index >= 15 is 0 Å². The summed E-state index contributed by atoms with van der Waals surface area (Å²) in [5.41, 5.74) is 2.22. The molecule has 0 bridgehead atoms. The highest BCUT2D eigenvalue weighted by atomic mass is 32.2. The largest absolute Gasteiger partial charge is 0.339 e. The second-order valence-electron chi connectivity index (χ2n) is 5.79. The molecule has 122 valence electrons. The van der Waals surface area contributed by atoms with Crippen LogP contribution in [0, 0.1) is 6.92 Å². The minimum atomic E-state index is 0.168. The molecule has 0 spiro atoms. The third-order valence-electron chi connectivity index (χ3n) is 4.01. The number of aryl methyl sites for hydroxylation is 1. The number of hydrogen-bond acceptors (Lipinski definition) is 5. The maximum absolute atomic E-state index is 12.3. The second-order valence-corrected chi connectivity index (χ2v) is 6.73. The SMILES string of the molecule is Cc1ccc(-n2cnnc2SCC(=O)N2CCN(C)CC2)cc1. The fourth-order valence-electron chi connectivity index (χ4n) is 2.48. The van der Waals surface area contributed by atoms with E-state index in [4.69, 9.17) is 0 Å². The summed E-state index contributed by atoms with van der Waals surface area (Å²) in [6, 6.07) is 8.18. The molecule has 1 aliphatic heterocycles. The van der Waals surface area contributed by atoms with Gasteiger partial charge in [-0.2, -0.15) is 0 Å². The molecule has 1 saturated heterocycles. The van der Waals surface area contributed by atoms with Gasteiger partial charge in [-0.05, 0) is 26.1 Å². The van der Waals surface area contributed by atoms with Gasteiger partial charge in [0.15, 0.2) is 5.16 Å². The number of amides is 1. The van der Waals surface area contributed by atoms with Gasteiger partial charge in [-0.1, -0.05) is 29.5 Å². The molecule has 3 rings (SSSR count). The molecule has 0 saturated carbocycles. The zero-order valence-electron chi connectivity index (χ0n) is 13.5. The highest BCUT2D eigenvalue weighted by molar-refractivity contribution is 7.99. The van der Waals surface area contributed by atoms with E-state index in [1.54, 1.807) is 6.33 Å². The molecule has 6 nitrogen and oxygen atoms in total. The number of aromatic nitrogens is 3. The maximum atomic E-state index is 12.3. The van der Waals surface area contributed by atoms with Gasteiger partial charge in [0.25, 0.3) is 0 Å². The number of thioether (sulfide) groups is 1.